The van der Waals surface area contributed by atoms with Crippen LogP contribution in [0.15, 0.2) is 72.9 Å². The Kier molecular flexibility index (Phi) is 14.1. The standard InChI is InChI=1S/C35H43FO8/c1-4-5-6-7-26-8-10-27(11-9-26)32-13-12-28(20-33(32)36)29-18-30(41-14-16-43-34(39)24(2)22-37)21-31(19-29)42-15-17-44-35(40)25(3)23-38/h4-5,12-13,18-21,26-27,37-38H,2-3,6-11,14-17,22-23H2,1H3/b5-4+. The zero-order valence-electron chi connectivity index (χ0n) is 25.4. The van der Waals surface area contributed by atoms with Gasteiger partial charge in [-0.2, -0.15) is 0 Å². The Morgan fingerprint density at radius 3 is 1.91 bits per heavy atom. The van der Waals surface area contributed by atoms with E-state index in [4.69, 9.17) is 29.2 Å². The molecule has 44 heavy (non-hydrogen) atoms. The fraction of sp³-hybridized carbons (Fsp3) is 0.429. The van der Waals surface area contributed by atoms with Gasteiger partial charge in [0.05, 0.1) is 24.4 Å². The average Bonchev–Trinajstić information content (AvgIpc) is 3.04. The highest BCUT2D eigenvalue weighted by molar-refractivity contribution is 5.88. The molecule has 0 bridgehead atoms. The normalized spacial score (nSPS) is 16.4. The number of hydrogen-bond donors (Lipinski definition) is 2. The van der Waals surface area contributed by atoms with Gasteiger partial charge in [-0.25, -0.2) is 14.0 Å². The van der Waals surface area contributed by atoms with E-state index in [-0.39, 0.29) is 49.3 Å². The van der Waals surface area contributed by atoms with Crippen molar-refractivity contribution in [3.8, 4) is 22.6 Å². The van der Waals surface area contributed by atoms with E-state index in [9.17, 15) is 9.59 Å². The predicted molar refractivity (Wildman–Crippen MR) is 166 cm³/mol. The van der Waals surface area contributed by atoms with Gasteiger partial charge in [0.1, 0.15) is 43.7 Å². The summed E-state index contributed by atoms with van der Waals surface area (Å²) in [7, 11) is 0. The van der Waals surface area contributed by atoms with E-state index in [1.807, 2.05) is 19.1 Å². The van der Waals surface area contributed by atoms with Crippen LogP contribution >= 0.6 is 0 Å². The highest BCUT2D eigenvalue weighted by atomic mass is 19.1. The van der Waals surface area contributed by atoms with E-state index in [1.165, 1.54) is 12.5 Å². The van der Waals surface area contributed by atoms with Crippen LogP contribution in [-0.2, 0) is 19.1 Å². The van der Waals surface area contributed by atoms with Crippen molar-refractivity contribution in [1.29, 1.82) is 0 Å². The first-order valence-electron chi connectivity index (χ1n) is 15.0. The van der Waals surface area contributed by atoms with Crippen molar-refractivity contribution in [1.82, 2.24) is 0 Å². The van der Waals surface area contributed by atoms with Gasteiger partial charge in [-0.15, -0.1) is 0 Å². The maximum atomic E-state index is 15.5. The molecule has 0 radical (unpaired) electrons. The predicted octanol–water partition coefficient (Wildman–Crippen LogP) is 6.06. The SMILES string of the molecule is C=C(CO)C(=O)OCCOc1cc(OCCOC(=O)C(=C)CO)cc(-c2ccc(C3CCC(CC/C=C/C)CC3)c(F)c2)c1. The van der Waals surface area contributed by atoms with Crippen LogP contribution in [0.5, 0.6) is 11.5 Å². The van der Waals surface area contributed by atoms with Crippen LogP contribution in [0.4, 0.5) is 4.39 Å². The molecule has 0 unspecified atom stereocenters. The molecule has 2 aromatic rings. The van der Waals surface area contributed by atoms with E-state index >= 15 is 4.39 Å². The number of allylic oxidation sites excluding steroid dienone is 2. The van der Waals surface area contributed by atoms with Crippen molar-refractivity contribution in [2.75, 3.05) is 39.6 Å². The van der Waals surface area contributed by atoms with E-state index in [0.29, 0.717) is 28.5 Å². The second kappa shape index (κ2) is 18.0. The quantitative estimate of drug-likeness (QED) is 0.0962. The third-order valence-corrected chi connectivity index (χ3v) is 7.61. The maximum absolute atomic E-state index is 15.5. The summed E-state index contributed by atoms with van der Waals surface area (Å²) in [5.74, 6) is -0.0117. The van der Waals surface area contributed by atoms with Gasteiger partial charge in [0.2, 0.25) is 0 Å². The molecule has 0 spiro atoms. The zero-order valence-corrected chi connectivity index (χ0v) is 25.4. The van der Waals surface area contributed by atoms with E-state index in [1.54, 1.807) is 18.2 Å². The summed E-state index contributed by atoms with van der Waals surface area (Å²) in [6.45, 7) is 7.75. The van der Waals surface area contributed by atoms with Crippen LogP contribution in [0.25, 0.3) is 11.1 Å². The summed E-state index contributed by atoms with van der Waals surface area (Å²) in [5.41, 5.74) is 1.90. The Morgan fingerprint density at radius 1 is 0.841 bits per heavy atom. The van der Waals surface area contributed by atoms with Gasteiger partial charge in [0.15, 0.2) is 0 Å². The lowest BCUT2D eigenvalue weighted by Gasteiger charge is -2.29. The number of carbonyl (C=O) groups excluding carboxylic acids is 2. The number of halogens is 1. The summed E-state index contributed by atoms with van der Waals surface area (Å²) < 4.78 is 37.1. The molecule has 0 amide bonds. The first kappa shape index (κ1) is 34.5. The van der Waals surface area contributed by atoms with E-state index in [2.05, 4.69) is 25.3 Å². The van der Waals surface area contributed by atoms with Gasteiger partial charge in [-0.3, -0.25) is 0 Å². The number of benzene rings is 2. The summed E-state index contributed by atoms with van der Waals surface area (Å²) in [6.07, 6.45) is 10.7. The van der Waals surface area contributed by atoms with Gasteiger partial charge in [-0.1, -0.05) is 37.4 Å². The zero-order chi connectivity index (χ0) is 31.9. The molecule has 1 saturated carbocycles. The number of carbonyl (C=O) groups is 2. The molecular weight excluding hydrogens is 567 g/mol. The summed E-state index contributed by atoms with van der Waals surface area (Å²) in [5, 5.41) is 18.0. The van der Waals surface area contributed by atoms with Crippen LogP contribution in [-0.4, -0.2) is 61.8 Å². The first-order chi connectivity index (χ1) is 21.2. The fourth-order valence-electron chi connectivity index (χ4n) is 5.12. The summed E-state index contributed by atoms with van der Waals surface area (Å²) in [4.78, 5) is 23.5. The minimum Gasteiger partial charge on any atom is -0.490 e. The van der Waals surface area contributed by atoms with E-state index < -0.39 is 25.2 Å². The van der Waals surface area contributed by atoms with Gasteiger partial charge >= 0.3 is 11.9 Å². The number of hydrogen-bond acceptors (Lipinski definition) is 8. The molecule has 1 aliphatic carbocycles. The Bertz CT molecular complexity index is 1260. The molecule has 238 valence electrons. The lowest BCUT2D eigenvalue weighted by molar-refractivity contribution is -0.141. The molecule has 0 saturated heterocycles. The molecule has 1 fully saturated rings. The summed E-state index contributed by atoms with van der Waals surface area (Å²) in [6, 6.07) is 10.4. The summed E-state index contributed by atoms with van der Waals surface area (Å²) >= 11 is 0. The maximum Gasteiger partial charge on any atom is 0.335 e. The van der Waals surface area contributed by atoms with Gasteiger partial charge < -0.3 is 29.2 Å². The lowest BCUT2D eigenvalue weighted by Crippen LogP contribution is -2.15. The van der Waals surface area contributed by atoms with Crippen molar-refractivity contribution in [3.63, 3.8) is 0 Å². The second-order valence-corrected chi connectivity index (χ2v) is 10.8. The van der Waals surface area contributed by atoms with Crippen LogP contribution in [0.2, 0.25) is 0 Å². The second-order valence-electron chi connectivity index (χ2n) is 10.8. The van der Waals surface area contributed by atoms with Crippen molar-refractivity contribution in [2.24, 2.45) is 5.92 Å². The largest absolute Gasteiger partial charge is 0.490 e. The number of rotatable bonds is 17. The van der Waals surface area contributed by atoms with Crippen molar-refractivity contribution in [3.05, 3.63) is 84.2 Å². The first-order valence-corrected chi connectivity index (χ1v) is 15.0. The lowest BCUT2D eigenvalue weighted by atomic mass is 9.77. The van der Waals surface area contributed by atoms with Gasteiger partial charge in [0.25, 0.3) is 0 Å². The van der Waals surface area contributed by atoms with E-state index in [0.717, 1.165) is 37.7 Å². The average molecular weight is 611 g/mol. The Morgan fingerprint density at radius 2 is 1.41 bits per heavy atom. The fourth-order valence-corrected chi connectivity index (χ4v) is 5.12. The molecule has 9 heteroatoms. The van der Waals surface area contributed by atoms with Crippen molar-refractivity contribution in [2.45, 2.75) is 51.4 Å². The van der Waals surface area contributed by atoms with Crippen molar-refractivity contribution < 1.29 is 43.1 Å². The van der Waals surface area contributed by atoms with Gasteiger partial charge in [0, 0.05) is 6.07 Å². The Hall–Kier alpha value is -3.95. The highest BCUT2D eigenvalue weighted by Gasteiger charge is 2.24. The Labute approximate surface area is 258 Å². The smallest absolute Gasteiger partial charge is 0.335 e. The van der Waals surface area contributed by atoms with Crippen LogP contribution in [0.1, 0.15) is 56.9 Å². The third-order valence-electron chi connectivity index (χ3n) is 7.61. The highest BCUT2D eigenvalue weighted by Crippen LogP contribution is 2.40. The number of aliphatic hydroxyl groups excluding tert-OH is 2. The Balaban J connectivity index is 1.70. The number of ether oxygens (including phenoxy) is 4. The topological polar surface area (TPSA) is 112 Å². The van der Waals surface area contributed by atoms with Gasteiger partial charge in [-0.05, 0) is 92.2 Å². The molecule has 1 aliphatic rings. The molecule has 3 rings (SSSR count). The molecular formula is C35H43FO8. The minimum absolute atomic E-state index is 0.0128. The molecule has 2 N–H and O–H groups in total. The molecule has 0 aliphatic heterocycles. The molecule has 0 aromatic heterocycles. The monoisotopic (exact) mass is 610 g/mol. The molecule has 8 nitrogen and oxygen atoms in total. The molecule has 2 aromatic carbocycles. The van der Waals surface area contributed by atoms with Crippen LogP contribution < -0.4 is 9.47 Å². The number of esters is 2. The van der Waals surface area contributed by atoms with Crippen molar-refractivity contribution >= 4 is 11.9 Å². The van der Waals surface area contributed by atoms with Crippen LogP contribution in [0.3, 0.4) is 0 Å². The minimum atomic E-state index is -0.718. The molecule has 0 heterocycles. The molecule has 0 atom stereocenters. The van der Waals surface area contributed by atoms with Crippen LogP contribution in [0, 0.1) is 11.7 Å². The third kappa shape index (κ3) is 10.6. The number of aliphatic hydroxyl groups is 2.